The number of carbonyl (C=O) groups is 2. The summed E-state index contributed by atoms with van der Waals surface area (Å²) in [4.78, 5) is 33.6. The number of halogens is 1. The molecule has 0 aromatic heterocycles. The second-order valence-corrected chi connectivity index (χ2v) is 11.2. The first-order valence-corrected chi connectivity index (χ1v) is 15.4. The number of aryl methyl sites for hydroxylation is 1. The number of morpholine rings is 1. The molecular weight excluding hydrogens is 519 g/mol. The van der Waals surface area contributed by atoms with Crippen molar-refractivity contribution in [1.29, 1.82) is 0 Å². The van der Waals surface area contributed by atoms with Crippen molar-refractivity contribution in [3.63, 3.8) is 0 Å². The van der Waals surface area contributed by atoms with Crippen LogP contribution >= 0.6 is 0 Å². The molecule has 1 aromatic carbocycles. The quantitative estimate of drug-likeness (QED) is 0.389. The summed E-state index contributed by atoms with van der Waals surface area (Å²) in [5.74, 6) is -0.206. The molecule has 2 aliphatic rings. The SMILES string of the molecule is CCC.CCCN(CCC)C(=O)CN=C1CCC/C1=C(/N)C(=O)N1C[C@@H](C)O[C@@H](C)C1.Cc1ccc(F)c(C)c1C. The highest BCUT2D eigenvalue weighted by Gasteiger charge is 2.30. The number of allylic oxidation sites excluding steroid dienone is 1. The summed E-state index contributed by atoms with van der Waals surface area (Å²) < 4.78 is 18.5. The van der Waals surface area contributed by atoms with E-state index in [0.29, 0.717) is 13.1 Å². The van der Waals surface area contributed by atoms with Gasteiger partial charge in [0.05, 0.1) is 12.2 Å². The summed E-state index contributed by atoms with van der Waals surface area (Å²) in [6.45, 7) is 20.8. The Morgan fingerprint density at radius 2 is 1.56 bits per heavy atom. The molecule has 0 bridgehead atoms. The lowest BCUT2D eigenvalue weighted by atomic mass is 10.0. The minimum absolute atomic E-state index is 0.00273. The lowest BCUT2D eigenvalue weighted by molar-refractivity contribution is -0.139. The standard InChI is InChI=1S/C21H36N4O3.C9H11F.C3H8/c1-5-10-24(11-6-2)19(26)12-23-18-9-7-8-17(18)20(22)21(27)25-13-15(3)28-16(4)14-25;1-6-4-5-9(10)8(3)7(6)2;1-3-2/h15-16H,5-14,22H2,1-4H3;4-5H,1-3H3;3H2,1-2H3/b20-17-,23-18?;;/t15-,16+;;. The fourth-order valence-corrected chi connectivity index (χ4v) is 4.92. The van der Waals surface area contributed by atoms with Gasteiger partial charge in [-0.25, -0.2) is 4.39 Å². The molecule has 1 aliphatic carbocycles. The number of nitrogens with two attached hydrogens (primary N) is 1. The van der Waals surface area contributed by atoms with E-state index in [1.807, 2.05) is 32.6 Å². The van der Waals surface area contributed by atoms with Crippen LogP contribution in [0.15, 0.2) is 28.4 Å². The van der Waals surface area contributed by atoms with Gasteiger partial charge in [-0.05, 0) is 89.5 Å². The zero-order valence-corrected chi connectivity index (χ0v) is 27.1. The molecule has 2 N–H and O–H groups in total. The average Bonchev–Trinajstić information content (AvgIpc) is 3.40. The number of carbonyl (C=O) groups excluding carboxylic acids is 2. The summed E-state index contributed by atoms with van der Waals surface area (Å²) in [7, 11) is 0. The van der Waals surface area contributed by atoms with Crippen molar-refractivity contribution in [3.8, 4) is 0 Å². The molecule has 0 radical (unpaired) electrons. The molecule has 3 rings (SSSR count). The third kappa shape index (κ3) is 11.6. The summed E-state index contributed by atoms with van der Waals surface area (Å²) in [6, 6.07) is 3.31. The second kappa shape index (κ2) is 18.6. The van der Waals surface area contributed by atoms with Crippen LogP contribution in [-0.2, 0) is 14.3 Å². The minimum atomic E-state index is -0.142. The van der Waals surface area contributed by atoms with E-state index in [2.05, 4.69) is 32.7 Å². The molecule has 8 heteroatoms. The largest absolute Gasteiger partial charge is 0.394 e. The van der Waals surface area contributed by atoms with Crippen LogP contribution in [0, 0.1) is 26.6 Å². The summed E-state index contributed by atoms with van der Waals surface area (Å²) in [6.07, 6.45) is 5.56. The van der Waals surface area contributed by atoms with Gasteiger partial charge in [-0.15, -0.1) is 0 Å². The van der Waals surface area contributed by atoms with E-state index in [4.69, 9.17) is 10.5 Å². The number of ether oxygens (including phenoxy) is 1. The van der Waals surface area contributed by atoms with E-state index in [0.717, 1.165) is 73.2 Å². The van der Waals surface area contributed by atoms with Gasteiger partial charge in [0, 0.05) is 37.5 Å². The topological polar surface area (TPSA) is 88.2 Å². The Morgan fingerprint density at radius 1 is 1.00 bits per heavy atom. The number of benzene rings is 1. The molecule has 7 nitrogen and oxygen atoms in total. The Morgan fingerprint density at radius 3 is 2.07 bits per heavy atom. The highest BCUT2D eigenvalue weighted by atomic mass is 19.1. The van der Waals surface area contributed by atoms with Gasteiger partial charge >= 0.3 is 0 Å². The molecule has 1 heterocycles. The summed E-state index contributed by atoms with van der Waals surface area (Å²) in [5.41, 5.74) is 11.2. The molecule has 1 saturated heterocycles. The molecule has 2 atom stereocenters. The Kier molecular flexibility index (Phi) is 16.5. The van der Waals surface area contributed by atoms with Crippen molar-refractivity contribution in [2.45, 2.75) is 113 Å². The third-order valence-corrected chi connectivity index (χ3v) is 7.19. The van der Waals surface area contributed by atoms with Crippen molar-refractivity contribution in [3.05, 3.63) is 45.9 Å². The molecular formula is C33H55FN4O3. The van der Waals surface area contributed by atoms with Crippen LogP contribution < -0.4 is 5.73 Å². The van der Waals surface area contributed by atoms with Crippen molar-refractivity contribution < 1.29 is 18.7 Å². The van der Waals surface area contributed by atoms with Crippen LogP contribution in [-0.4, -0.2) is 72.3 Å². The normalized spacial score (nSPS) is 20.5. The molecule has 1 aliphatic heterocycles. The predicted octanol–water partition coefficient (Wildman–Crippen LogP) is 6.28. The van der Waals surface area contributed by atoms with Gasteiger partial charge in [0.25, 0.3) is 5.91 Å². The third-order valence-electron chi connectivity index (χ3n) is 7.19. The Bertz CT molecular complexity index is 1010. The Balaban J connectivity index is 0.000000534. The van der Waals surface area contributed by atoms with Crippen LogP contribution in [0.5, 0.6) is 0 Å². The number of nitrogens with zero attached hydrogens (tertiary/aromatic N) is 3. The monoisotopic (exact) mass is 574 g/mol. The first-order valence-electron chi connectivity index (χ1n) is 15.4. The smallest absolute Gasteiger partial charge is 0.270 e. The van der Waals surface area contributed by atoms with E-state index < -0.39 is 0 Å². The van der Waals surface area contributed by atoms with Gasteiger partial charge in [0.2, 0.25) is 5.91 Å². The van der Waals surface area contributed by atoms with Gasteiger partial charge in [0.1, 0.15) is 18.1 Å². The van der Waals surface area contributed by atoms with Crippen LogP contribution in [0.25, 0.3) is 0 Å². The van der Waals surface area contributed by atoms with Crippen LogP contribution in [0.3, 0.4) is 0 Å². The zero-order chi connectivity index (χ0) is 31.1. The number of aliphatic imine (C=N–C) groups is 1. The summed E-state index contributed by atoms with van der Waals surface area (Å²) >= 11 is 0. The lowest BCUT2D eigenvalue weighted by Gasteiger charge is -2.35. The van der Waals surface area contributed by atoms with Crippen LogP contribution in [0.1, 0.15) is 96.8 Å². The molecule has 0 unspecified atom stereocenters. The number of rotatable bonds is 7. The fraction of sp³-hybridized carbons (Fsp3) is 0.667. The van der Waals surface area contributed by atoms with E-state index in [1.54, 1.807) is 17.9 Å². The van der Waals surface area contributed by atoms with Gasteiger partial charge in [-0.1, -0.05) is 40.2 Å². The first kappa shape index (κ1) is 36.3. The Hall–Kier alpha value is -2.74. The molecule has 2 amide bonds. The number of hydrogen-bond acceptors (Lipinski definition) is 5. The first-order chi connectivity index (χ1) is 19.4. The molecule has 232 valence electrons. The van der Waals surface area contributed by atoms with Crippen molar-refractivity contribution in [2.24, 2.45) is 10.7 Å². The molecule has 2 fully saturated rings. The fourth-order valence-electron chi connectivity index (χ4n) is 4.92. The highest BCUT2D eigenvalue weighted by molar-refractivity contribution is 6.09. The average molecular weight is 575 g/mol. The maximum absolute atomic E-state index is 12.9. The minimum Gasteiger partial charge on any atom is -0.394 e. The van der Waals surface area contributed by atoms with Crippen LogP contribution in [0.2, 0.25) is 0 Å². The van der Waals surface area contributed by atoms with E-state index in [-0.39, 0.29) is 42.1 Å². The van der Waals surface area contributed by atoms with E-state index in [9.17, 15) is 14.0 Å². The van der Waals surface area contributed by atoms with Crippen LogP contribution in [0.4, 0.5) is 4.39 Å². The Labute approximate surface area is 248 Å². The maximum Gasteiger partial charge on any atom is 0.270 e. The van der Waals surface area contributed by atoms with Gasteiger partial charge in [-0.3, -0.25) is 14.6 Å². The lowest BCUT2D eigenvalue weighted by Crippen LogP contribution is -2.49. The van der Waals surface area contributed by atoms with Gasteiger partial charge < -0.3 is 20.3 Å². The summed E-state index contributed by atoms with van der Waals surface area (Å²) in [5, 5.41) is 0. The number of hydrogen-bond donors (Lipinski definition) is 1. The van der Waals surface area contributed by atoms with Crippen molar-refractivity contribution in [1.82, 2.24) is 9.80 Å². The molecule has 41 heavy (non-hydrogen) atoms. The van der Waals surface area contributed by atoms with E-state index in [1.165, 1.54) is 12.5 Å². The zero-order valence-electron chi connectivity index (χ0n) is 27.1. The highest BCUT2D eigenvalue weighted by Crippen LogP contribution is 2.25. The van der Waals surface area contributed by atoms with Crippen molar-refractivity contribution in [2.75, 3.05) is 32.7 Å². The second-order valence-electron chi connectivity index (χ2n) is 11.2. The van der Waals surface area contributed by atoms with Crippen molar-refractivity contribution >= 4 is 17.5 Å². The molecule has 1 saturated carbocycles. The van der Waals surface area contributed by atoms with Gasteiger partial charge in [0.15, 0.2) is 0 Å². The molecule has 0 spiro atoms. The van der Waals surface area contributed by atoms with Gasteiger partial charge in [-0.2, -0.15) is 0 Å². The molecule has 1 aromatic rings. The van der Waals surface area contributed by atoms with E-state index >= 15 is 0 Å². The number of amides is 2. The maximum atomic E-state index is 12.9. The predicted molar refractivity (Wildman–Crippen MR) is 168 cm³/mol.